The van der Waals surface area contributed by atoms with Crippen LogP contribution in [-0.2, 0) is 0 Å². The van der Waals surface area contributed by atoms with Gasteiger partial charge >= 0.3 is 0 Å². The molecular formula is C20H22ClFN4OS. The van der Waals surface area contributed by atoms with Gasteiger partial charge in [0.25, 0.3) is 5.91 Å². The van der Waals surface area contributed by atoms with Crippen molar-refractivity contribution in [2.45, 2.75) is 12.5 Å². The molecule has 2 aromatic rings. The Hall–Kier alpha value is -2.38. The highest BCUT2D eigenvalue weighted by Crippen LogP contribution is 2.22. The van der Waals surface area contributed by atoms with Crippen molar-refractivity contribution in [3.8, 4) is 0 Å². The lowest BCUT2D eigenvalue weighted by atomic mass is 10.2. The molecule has 28 heavy (non-hydrogen) atoms. The Bertz CT molecular complexity index is 816. The summed E-state index contributed by atoms with van der Waals surface area (Å²) >= 11 is 11.3. The lowest BCUT2D eigenvalue weighted by molar-refractivity contribution is 0.0954. The Morgan fingerprint density at radius 2 is 1.79 bits per heavy atom. The van der Waals surface area contributed by atoms with Crippen molar-refractivity contribution in [1.29, 1.82) is 0 Å². The number of carbonyl (C=O) groups is 1. The summed E-state index contributed by atoms with van der Waals surface area (Å²) in [7, 11) is 0. The predicted octanol–water partition coefficient (Wildman–Crippen LogP) is 2.95. The number of benzene rings is 2. The highest BCUT2D eigenvalue weighted by atomic mass is 35.5. The van der Waals surface area contributed by atoms with E-state index in [1.807, 2.05) is 24.3 Å². The molecule has 1 unspecified atom stereocenters. The number of nitrogens with one attached hydrogen (secondary N) is 3. The number of nitrogens with zero attached hydrogens (tertiary/aromatic N) is 1. The Kier molecular flexibility index (Phi) is 7.06. The lowest BCUT2D eigenvalue weighted by Crippen LogP contribution is -2.45. The van der Waals surface area contributed by atoms with Crippen LogP contribution >= 0.6 is 23.8 Å². The molecule has 3 rings (SSSR count). The van der Waals surface area contributed by atoms with E-state index < -0.39 is 0 Å². The molecule has 0 saturated carbocycles. The largest absolute Gasteiger partial charge is 0.369 e. The molecule has 1 atom stereocenters. The predicted molar refractivity (Wildman–Crippen MR) is 115 cm³/mol. The number of halogens is 2. The minimum Gasteiger partial charge on any atom is -0.369 e. The van der Waals surface area contributed by atoms with E-state index in [0.29, 0.717) is 23.8 Å². The number of hydrogen-bond donors (Lipinski definition) is 3. The zero-order valence-corrected chi connectivity index (χ0v) is 16.8. The number of hydrogen-bond acceptors (Lipinski definition) is 3. The van der Waals surface area contributed by atoms with E-state index in [2.05, 4.69) is 20.9 Å². The van der Waals surface area contributed by atoms with Crippen molar-refractivity contribution in [3.63, 3.8) is 0 Å². The number of thiocarbonyl (C=S) groups is 1. The van der Waals surface area contributed by atoms with Crippen molar-refractivity contribution in [1.82, 2.24) is 16.0 Å². The van der Waals surface area contributed by atoms with Gasteiger partial charge in [-0.2, -0.15) is 0 Å². The first-order valence-corrected chi connectivity index (χ1v) is 9.88. The van der Waals surface area contributed by atoms with Gasteiger partial charge in [-0.05, 0) is 67.2 Å². The molecule has 0 spiro atoms. The normalized spacial score (nSPS) is 15.9. The van der Waals surface area contributed by atoms with Gasteiger partial charge in [-0.15, -0.1) is 0 Å². The molecule has 1 aliphatic rings. The maximum Gasteiger partial charge on any atom is 0.251 e. The van der Waals surface area contributed by atoms with E-state index in [0.717, 1.165) is 30.2 Å². The zero-order chi connectivity index (χ0) is 19.9. The first kappa shape index (κ1) is 20.4. The van der Waals surface area contributed by atoms with E-state index in [1.165, 1.54) is 24.3 Å². The quantitative estimate of drug-likeness (QED) is 0.495. The van der Waals surface area contributed by atoms with Gasteiger partial charge in [-0.25, -0.2) is 4.39 Å². The van der Waals surface area contributed by atoms with E-state index in [1.54, 1.807) is 0 Å². The summed E-state index contributed by atoms with van der Waals surface area (Å²) in [6, 6.07) is 13.5. The molecule has 1 aliphatic heterocycles. The molecule has 2 aromatic carbocycles. The van der Waals surface area contributed by atoms with Gasteiger partial charge in [0.1, 0.15) is 5.82 Å². The third-order valence-electron chi connectivity index (χ3n) is 4.52. The summed E-state index contributed by atoms with van der Waals surface area (Å²) in [6.07, 6.45) is 0.992. The van der Waals surface area contributed by atoms with Gasteiger partial charge in [-0.3, -0.25) is 4.79 Å². The number of amides is 1. The van der Waals surface area contributed by atoms with Crippen LogP contribution in [0.5, 0.6) is 0 Å². The fraction of sp³-hybridized carbons (Fsp3) is 0.300. The summed E-state index contributed by atoms with van der Waals surface area (Å²) in [5, 5.41) is 10.5. The third kappa shape index (κ3) is 5.81. The summed E-state index contributed by atoms with van der Waals surface area (Å²) in [5.41, 5.74) is 1.58. The summed E-state index contributed by atoms with van der Waals surface area (Å²) < 4.78 is 12.9. The molecule has 148 valence electrons. The van der Waals surface area contributed by atoms with Gasteiger partial charge in [0.15, 0.2) is 5.11 Å². The van der Waals surface area contributed by atoms with Gasteiger partial charge < -0.3 is 20.9 Å². The Morgan fingerprint density at radius 3 is 2.50 bits per heavy atom. The second kappa shape index (κ2) is 9.71. The highest BCUT2D eigenvalue weighted by Gasteiger charge is 2.23. The van der Waals surface area contributed by atoms with E-state index in [-0.39, 0.29) is 17.8 Å². The van der Waals surface area contributed by atoms with E-state index in [9.17, 15) is 9.18 Å². The van der Waals surface area contributed by atoms with Crippen LogP contribution in [0.3, 0.4) is 0 Å². The maximum absolute atomic E-state index is 12.9. The van der Waals surface area contributed by atoms with E-state index in [4.69, 9.17) is 23.8 Å². The van der Waals surface area contributed by atoms with Crippen LogP contribution in [0.1, 0.15) is 16.8 Å². The topological polar surface area (TPSA) is 56.4 Å². The van der Waals surface area contributed by atoms with Crippen LogP contribution in [0.15, 0.2) is 48.5 Å². The Balaban J connectivity index is 1.34. The number of anilines is 1. The average molecular weight is 421 g/mol. The van der Waals surface area contributed by atoms with Gasteiger partial charge in [-0.1, -0.05) is 11.6 Å². The van der Waals surface area contributed by atoms with Crippen molar-refractivity contribution < 1.29 is 9.18 Å². The van der Waals surface area contributed by atoms with Crippen LogP contribution < -0.4 is 20.9 Å². The number of rotatable bonds is 6. The molecule has 3 N–H and O–H groups in total. The SMILES string of the molecule is O=C(NCCNC(=S)NC1CCN(c2ccc(Cl)cc2)C1)c1ccc(F)cc1. The monoisotopic (exact) mass is 420 g/mol. The molecule has 0 aliphatic carbocycles. The standard InChI is InChI=1S/C20H22ClFN4OS/c21-15-3-7-18(8-4-15)26-12-9-17(13-26)25-20(28)24-11-10-23-19(27)14-1-5-16(22)6-2-14/h1-8,17H,9-13H2,(H,23,27)(H2,24,25,28). The Morgan fingerprint density at radius 1 is 1.11 bits per heavy atom. The molecule has 0 bridgehead atoms. The smallest absolute Gasteiger partial charge is 0.251 e. The average Bonchev–Trinajstić information content (AvgIpc) is 3.14. The lowest BCUT2D eigenvalue weighted by Gasteiger charge is -2.20. The molecule has 1 heterocycles. The molecule has 5 nitrogen and oxygen atoms in total. The van der Waals surface area contributed by atoms with Crippen molar-refractivity contribution >= 4 is 40.5 Å². The van der Waals surface area contributed by atoms with Crippen LogP contribution in [0.25, 0.3) is 0 Å². The third-order valence-corrected chi connectivity index (χ3v) is 5.03. The van der Waals surface area contributed by atoms with E-state index >= 15 is 0 Å². The minimum atomic E-state index is -0.365. The first-order valence-electron chi connectivity index (χ1n) is 9.10. The van der Waals surface area contributed by atoms with Crippen molar-refractivity contribution in [3.05, 3.63) is 64.9 Å². The molecular weight excluding hydrogens is 399 g/mol. The molecule has 0 radical (unpaired) electrons. The second-order valence-electron chi connectivity index (χ2n) is 6.57. The van der Waals surface area contributed by atoms with Gasteiger partial charge in [0.05, 0.1) is 0 Å². The van der Waals surface area contributed by atoms with Crippen LogP contribution in [0.2, 0.25) is 5.02 Å². The van der Waals surface area contributed by atoms with Crippen LogP contribution in [-0.4, -0.2) is 43.2 Å². The molecule has 1 saturated heterocycles. The van der Waals surface area contributed by atoms with Crippen LogP contribution in [0, 0.1) is 5.82 Å². The number of carbonyl (C=O) groups excluding carboxylic acids is 1. The van der Waals surface area contributed by atoms with Gasteiger partial charge in [0.2, 0.25) is 0 Å². The molecule has 0 aromatic heterocycles. The fourth-order valence-corrected chi connectivity index (χ4v) is 3.45. The van der Waals surface area contributed by atoms with Crippen molar-refractivity contribution in [2.24, 2.45) is 0 Å². The summed E-state index contributed by atoms with van der Waals surface area (Å²) in [6.45, 7) is 2.74. The van der Waals surface area contributed by atoms with Crippen molar-refractivity contribution in [2.75, 3.05) is 31.1 Å². The zero-order valence-electron chi connectivity index (χ0n) is 15.3. The molecule has 1 fully saturated rings. The first-order chi connectivity index (χ1) is 13.5. The summed E-state index contributed by atoms with van der Waals surface area (Å²) in [4.78, 5) is 14.2. The molecule has 8 heteroatoms. The maximum atomic E-state index is 12.9. The van der Waals surface area contributed by atoms with Crippen LogP contribution in [0.4, 0.5) is 10.1 Å². The second-order valence-corrected chi connectivity index (χ2v) is 7.42. The summed E-state index contributed by atoms with van der Waals surface area (Å²) in [5.74, 6) is -0.605. The minimum absolute atomic E-state index is 0.241. The fourth-order valence-electron chi connectivity index (χ4n) is 3.06. The highest BCUT2D eigenvalue weighted by molar-refractivity contribution is 7.80. The Labute approximate surface area is 174 Å². The van der Waals surface area contributed by atoms with Gasteiger partial charge in [0, 0.05) is 48.5 Å². The molecule has 1 amide bonds.